The molecule has 1 rings (SSSR count). The van der Waals surface area contributed by atoms with E-state index in [4.69, 9.17) is 5.84 Å². The van der Waals surface area contributed by atoms with Crippen LogP contribution in [0.5, 0.6) is 0 Å². The molecule has 0 saturated heterocycles. The Hall–Kier alpha value is -0.570. The first kappa shape index (κ1) is 12.5. The Labute approximate surface area is 93.5 Å². The standard InChI is InChI=1S/C12H25N3/c1-10(2)14-12(15-13)9-8-11-6-4-3-5-7-11/h10-11H,3-9,13H2,1-2H3,(H,14,15). The van der Waals surface area contributed by atoms with Gasteiger partial charge in [0, 0.05) is 12.5 Å². The zero-order valence-corrected chi connectivity index (χ0v) is 10.1. The molecule has 0 spiro atoms. The fourth-order valence-electron chi connectivity index (χ4n) is 2.30. The molecule has 0 aliphatic heterocycles. The third-order valence-corrected chi connectivity index (χ3v) is 3.09. The van der Waals surface area contributed by atoms with Crippen molar-refractivity contribution in [3.8, 4) is 0 Å². The lowest BCUT2D eigenvalue weighted by Crippen LogP contribution is -2.31. The van der Waals surface area contributed by atoms with Gasteiger partial charge < -0.3 is 5.43 Å². The summed E-state index contributed by atoms with van der Waals surface area (Å²) in [5, 5.41) is 0. The molecule has 0 amide bonds. The molecule has 0 aromatic heterocycles. The lowest BCUT2D eigenvalue weighted by Gasteiger charge is -2.21. The Morgan fingerprint density at radius 1 is 1.33 bits per heavy atom. The van der Waals surface area contributed by atoms with Crippen LogP contribution in [0.25, 0.3) is 0 Å². The second kappa shape index (κ2) is 6.83. The lowest BCUT2D eigenvalue weighted by molar-refractivity contribution is 0.342. The molecule has 1 aliphatic carbocycles. The fourth-order valence-corrected chi connectivity index (χ4v) is 2.30. The van der Waals surface area contributed by atoms with E-state index < -0.39 is 0 Å². The van der Waals surface area contributed by atoms with Crippen LogP contribution in [-0.2, 0) is 0 Å². The predicted octanol–water partition coefficient (Wildman–Crippen LogP) is 2.62. The second-order valence-electron chi connectivity index (χ2n) is 4.86. The maximum absolute atomic E-state index is 5.46. The van der Waals surface area contributed by atoms with E-state index in [-0.39, 0.29) is 0 Å². The van der Waals surface area contributed by atoms with Gasteiger partial charge in [0.15, 0.2) is 0 Å². The first-order valence-corrected chi connectivity index (χ1v) is 6.25. The Morgan fingerprint density at radius 2 is 2.00 bits per heavy atom. The summed E-state index contributed by atoms with van der Waals surface area (Å²) in [4.78, 5) is 4.46. The molecule has 0 heterocycles. The molecule has 0 radical (unpaired) electrons. The van der Waals surface area contributed by atoms with Gasteiger partial charge in [-0.3, -0.25) is 4.99 Å². The van der Waals surface area contributed by atoms with E-state index in [0.29, 0.717) is 6.04 Å². The molecule has 3 nitrogen and oxygen atoms in total. The average Bonchev–Trinajstić information content (AvgIpc) is 2.25. The first-order chi connectivity index (χ1) is 7.22. The molecule has 0 bridgehead atoms. The van der Waals surface area contributed by atoms with Gasteiger partial charge in [-0.25, -0.2) is 5.84 Å². The SMILES string of the molecule is CC(C)N=C(CCC1CCCCC1)NN. The monoisotopic (exact) mass is 211 g/mol. The summed E-state index contributed by atoms with van der Waals surface area (Å²) >= 11 is 0. The van der Waals surface area contributed by atoms with Crippen molar-refractivity contribution >= 4 is 5.84 Å². The van der Waals surface area contributed by atoms with Crippen molar-refractivity contribution in [3.05, 3.63) is 0 Å². The minimum Gasteiger partial charge on any atom is -0.312 e. The molecule has 0 atom stereocenters. The summed E-state index contributed by atoms with van der Waals surface area (Å²) < 4.78 is 0. The maximum atomic E-state index is 5.46. The van der Waals surface area contributed by atoms with Crippen LogP contribution in [-0.4, -0.2) is 11.9 Å². The average molecular weight is 211 g/mol. The van der Waals surface area contributed by atoms with Gasteiger partial charge in [0.1, 0.15) is 5.84 Å². The highest BCUT2D eigenvalue weighted by atomic mass is 15.2. The number of hydrogen-bond acceptors (Lipinski definition) is 2. The number of hydrogen-bond donors (Lipinski definition) is 2. The molecule has 0 aromatic rings. The summed E-state index contributed by atoms with van der Waals surface area (Å²) in [6, 6.07) is 0.336. The molecule has 0 aromatic carbocycles. The van der Waals surface area contributed by atoms with Crippen molar-refractivity contribution in [3.63, 3.8) is 0 Å². The van der Waals surface area contributed by atoms with Gasteiger partial charge in [-0.1, -0.05) is 32.1 Å². The first-order valence-electron chi connectivity index (χ1n) is 6.25. The van der Waals surface area contributed by atoms with Gasteiger partial charge in [0.2, 0.25) is 0 Å². The van der Waals surface area contributed by atoms with E-state index >= 15 is 0 Å². The third-order valence-electron chi connectivity index (χ3n) is 3.09. The number of nitrogens with two attached hydrogens (primary N) is 1. The van der Waals surface area contributed by atoms with Gasteiger partial charge in [0.05, 0.1) is 0 Å². The zero-order valence-electron chi connectivity index (χ0n) is 10.1. The Morgan fingerprint density at radius 3 is 2.53 bits per heavy atom. The summed E-state index contributed by atoms with van der Waals surface area (Å²) in [6.45, 7) is 4.16. The van der Waals surface area contributed by atoms with Crippen molar-refractivity contribution in [2.24, 2.45) is 16.8 Å². The largest absolute Gasteiger partial charge is 0.312 e. The molecule has 1 aliphatic rings. The van der Waals surface area contributed by atoms with Crippen LogP contribution in [0.3, 0.4) is 0 Å². The highest BCUT2D eigenvalue weighted by Gasteiger charge is 2.13. The third kappa shape index (κ3) is 5.17. The van der Waals surface area contributed by atoms with Crippen molar-refractivity contribution in [2.75, 3.05) is 0 Å². The van der Waals surface area contributed by atoms with Crippen LogP contribution in [0.1, 0.15) is 58.8 Å². The lowest BCUT2D eigenvalue weighted by atomic mass is 9.86. The van der Waals surface area contributed by atoms with Crippen LogP contribution in [0, 0.1) is 5.92 Å². The molecule has 1 saturated carbocycles. The van der Waals surface area contributed by atoms with Gasteiger partial charge in [0.25, 0.3) is 0 Å². The van der Waals surface area contributed by atoms with Gasteiger partial charge in [-0.05, 0) is 26.2 Å². The van der Waals surface area contributed by atoms with Crippen molar-refractivity contribution in [2.45, 2.75) is 64.8 Å². The minimum atomic E-state index is 0.336. The highest BCUT2D eigenvalue weighted by molar-refractivity contribution is 5.81. The Kier molecular flexibility index (Phi) is 5.69. The molecular weight excluding hydrogens is 186 g/mol. The molecule has 0 unspecified atom stereocenters. The molecule has 15 heavy (non-hydrogen) atoms. The number of amidine groups is 1. The van der Waals surface area contributed by atoms with E-state index in [9.17, 15) is 0 Å². The number of aliphatic imine (C=N–C) groups is 1. The quantitative estimate of drug-likeness (QED) is 0.325. The molecular formula is C12H25N3. The summed E-state index contributed by atoms with van der Waals surface area (Å²) in [5.74, 6) is 7.33. The van der Waals surface area contributed by atoms with E-state index in [1.807, 2.05) is 0 Å². The smallest absolute Gasteiger partial charge is 0.111 e. The van der Waals surface area contributed by atoms with Gasteiger partial charge in [-0.15, -0.1) is 0 Å². The van der Waals surface area contributed by atoms with E-state index in [1.54, 1.807) is 0 Å². The number of rotatable bonds is 4. The summed E-state index contributed by atoms with van der Waals surface area (Å²) in [7, 11) is 0. The molecule has 1 fully saturated rings. The van der Waals surface area contributed by atoms with Gasteiger partial charge in [-0.2, -0.15) is 0 Å². The molecule has 3 heteroatoms. The van der Waals surface area contributed by atoms with Crippen LogP contribution in [0.4, 0.5) is 0 Å². The van der Waals surface area contributed by atoms with E-state index in [0.717, 1.165) is 18.2 Å². The fraction of sp³-hybridized carbons (Fsp3) is 0.917. The van der Waals surface area contributed by atoms with Crippen LogP contribution in [0.15, 0.2) is 4.99 Å². The highest BCUT2D eigenvalue weighted by Crippen LogP contribution is 2.27. The maximum Gasteiger partial charge on any atom is 0.111 e. The van der Waals surface area contributed by atoms with Crippen molar-refractivity contribution in [1.29, 1.82) is 0 Å². The summed E-state index contributed by atoms with van der Waals surface area (Å²) in [5.41, 5.74) is 2.72. The Bertz CT molecular complexity index is 193. The normalized spacial score (nSPS) is 19.6. The topological polar surface area (TPSA) is 50.4 Å². The predicted molar refractivity (Wildman–Crippen MR) is 65.7 cm³/mol. The zero-order chi connectivity index (χ0) is 11.1. The number of nitrogens with zero attached hydrogens (tertiary/aromatic N) is 1. The number of hydrazine groups is 1. The molecule has 3 N–H and O–H groups in total. The number of nitrogens with one attached hydrogen (secondary N) is 1. The van der Waals surface area contributed by atoms with Gasteiger partial charge >= 0.3 is 0 Å². The van der Waals surface area contributed by atoms with E-state index in [1.165, 1.54) is 38.5 Å². The summed E-state index contributed by atoms with van der Waals surface area (Å²) in [6.07, 6.45) is 9.32. The van der Waals surface area contributed by atoms with Crippen LogP contribution < -0.4 is 11.3 Å². The van der Waals surface area contributed by atoms with Crippen LogP contribution in [0.2, 0.25) is 0 Å². The Balaban J connectivity index is 2.26. The van der Waals surface area contributed by atoms with Crippen molar-refractivity contribution in [1.82, 2.24) is 5.43 Å². The van der Waals surface area contributed by atoms with E-state index in [2.05, 4.69) is 24.3 Å². The second-order valence-corrected chi connectivity index (χ2v) is 4.86. The van der Waals surface area contributed by atoms with Crippen LogP contribution >= 0.6 is 0 Å². The van der Waals surface area contributed by atoms with Crippen molar-refractivity contribution < 1.29 is 0 Å². The minimum absolute atomic E-state index is 0.336. The molecule has 88 valence electrons.